The molecule has 6 aromatic rings. The SMILES string of the molecule is O=C([O-])C(=O)[O-].O=C([O-])C(=O)[O-].O=C([O-])C(=O)[O-].[O-2].[O-2].[O-2].[O-2].[W].[W].[W].c1cc[nH+]cc1.c1cc[nH+]cc1.c1ccncc1.c1ccncc1.c1ccncc1.c1ccncc1. The zero-order chi connectivity index (χ0) is 40.9. The van der Waals surface area contributed by atoms with Gasteiger partial charge in [-0.05, 0) is 48.5 Å². The van der Waals surface area contributed by atoms with Crippen molar-refractivity contribution in [3.05, 3.63) is 184 Å². The van der Waals surface area contributed by atoms with Crippen molar-refractivity contribution in [3.63, 3.8) is 0 Å². The number of aromatic amines is 2. The van der Waals surface area contributed by atoms with E-state index in [9.17, 15) is 0 Å². The van der Waals surface area contributed by atoms with Crippen molar-refractivity contribution in [2.75, 3.05) is 0 Å². The van der Waals surface area contributed by atoms with Crippen LogP contribution in [0.25, 0.3) is 0 Å². The largest absolute Gasteiger partial charge is 2.00 e. The summed E-state index contributed by atoms with van der Waals surface area (Å²) in [5, 5.41) is 53.6. The van der Waals surface area contributed by atoms with Crippen LogP contribution in [-0.4, -0.2) is 55.8 Å². The molecule has 0 aromatic carbocycles. The molecule has 0 amide bonds. The average molecular weight is 1360 g/mol. The molecule has 6 rings (SSSR count). The van der Waals surface area contributed by atoms with Crippen molar-refractivity contribution < 1.29 is 154 Å². The molecule has 0 aliphatic rings. The topological polar surface area (TPSA) is 435 Å². The first kappa shape index (κ1) is 78.9. The van der Waals surface area contributed by atoms with Crippen molar-refractivity contribution >= 4 is 35.8 Å². The van der Waals surface area contributed by atoms with E-state index >= 15 is 0 Å². The van der Waals surface area contributed by atoms with Gasteiger partial charge in [0.15, 0.2) is 24.8 Å². The number of carbonyl (C=O) groups is 6. The number of pyridine rings is 6. The number of rotatable bonds is 0. The molecular formula is C36H32N6O16W3-12. The number of aliphatic carboxylic acids is 6. The molecule has 61 heavy (non-hydrogen) atoms. The Hall–Kier alpha value is -6.38. The van der Waals surface area contributed by atoms with Gasteiger partial charge in [0.25, 0.3) is 0 Å². The average Bonchev–Trinajstić information content (AvgIpc) is 3.23. The number of aromatic nitrogens is 6. The van der Waals surface area contributed by atoms with Crippen LogP contribution in [0.4, 0.5) is 0 Å². The van der Waals surface area contributed by atoms with Gasteiger partial charge in [-0.3, -0.25) is 19.9 Å². The molecule has 0 saturated heterocycles. The Labute approximate surface area is 391 Å². The minimum Gasteiger partial charge on any atom is -2.00 e. The summed E-state index contributed by atoms with van der Waals surface area (Å²) in [5.74, 6) is -13.1. The molecule has 0 aliphatic carbocycles. The van der Waals surface area contributed by atoms with Crippen molar-refractivity contribution in [3.8, 4) is 0 Å². The third kappa shape index (κ3) is 82.5. The van der Waals surface area contributed by atoms with Crippen LogP contribution in [0.15, 0.2) is 184 Å². The van der Waals surface area contributed by atoms with Gasteiger partial charge in [-0.2, -0.15) is 0 Å². The van der Waals surface area contributed by atoms with Crippen LogP contribution in [0.5, 0.6) is 0 Å². The Balaban J connectivity index is -0.0000000591. The summed E-state index contributed by atoms with van der Waals surface area (Å²) in [6, 6.07) is 34.6. The summed E-state index contributed by atoms with van der Waals surface area (Å²) in [6.45, 7) is 0. The molecule has 0 saturated carbocycles. The molecule has 332 valence electrons. The minimum atomic E-state index is -2.19. The molecule has 6 heterocycles. The number of carbonyl (C=O) groups excluding carboxylic acids is 6. The van der Waals surface area contributed by atoms with E-state index in [1.165, 1.54) is 0 Å². The number of hydrogen-bond donors (Lipinski definition) is 0. The van der Waals surface area contributed by atoms with Gasteiger partial charge in [0.05, 0.1) is 35.8 Å². The van der Waals surface area contributed by atoms with Gasteiger partial charge in [-0.15, -0.1) is 0 Å². The van der Waals surface area contributed by atoms with Crippen LogP contribution >= 0.6 is 0 Å². The Bertz CT molecular complexity index is 1240. The zero-order valence-corrected chi connectivity index (χ0v) is 39.7. The number of nitrogens with zero attached hydrogens (tertiary/aromatic N) is 4. The molecule has 0 unspecified atom stereocenters. The van der Waals surface area contributed by atoms with E-state index in [0.29, 0.717) is 0 Å². The maximum absolute atomic E-state index is 8.93. The van der Waals surface area contributed by atoms with Crippen molar-refractivity contribution in [2.24, 2.45) is 0 Å². The zero-order valence-electron chi connectivity index (χ0n) is 30.9. The Kier molecular flexibility index (Phi) is 84.7. The summed E-state index contributed by atoms with van der Waals surface area (Å²) < 4.78 is 0. The molecule has 22 nitrogen and oxygen atoms in total. The quantitative estimate of drug-likeness (QED) is 0.128. The Morgan fingerprint density at radius 1 is 0.262 bits per heavy atom. The summed E-state index contributed by atoms with van der Waals surface area (Å²) >= 11 is 0. The standard InChI is InChI=1S/6C5H5N.3C2H2O4.4O.3W/c6*1-2-4-6-5-3-1;3*3-1(4)2(5)6;;;;;;;/h6*1-5H;3*(H,3,4)(H,5,6);;;;;;;/q;;;;;;;;;4*-2;;;/p-4. The van der Waals surface area contributed by atoms with Crippen LogP contribution in [0.3, 0.4) is 0 Å². The number of hydrogen-bond acceptors (Lipinski definition) is 16. The van der Waals surface area contributed by atoms with Crippen LogP contribution in [0.1, 0.15) is 0 Å². The monoisotopic (exact) mass is 1360 g/mol. The number of carboxylic acid groups (broad SMARTS) is 6. The van der Waals surface area contributed by atoms with Gasteiger partial charge >= 0.3 is 0 Å². The van der Waals surface area contributed by atoms with Crippen molar-refractivity contribution in [2.45, 2.75) is 0 Å². The normalized spacial score (nSPS) is 6.89. The number of carboxylic acids is 6. The Morgan fingerprint density at radius 2 is 0.393 bits per heavy atom. The van der Waals surface area contributed by atoms with E-state index < -0.39 is 35.8 Å². The smallest absolute Gasteiger partial charge is 0.166 e. The van der Waals surface area contributed by atoms with Gasteiger partial charge in [-0.25, -0.2) is 9.97 Å². The molecule has 0 bridgehead atoms. The van der Waals surface area contributed by atoms with Crippen molar-refractivity contribution in [1.29, 1.82) is 0 Å². The molecular weight excluding hydrogens is 1320 g/mol. The molecule has 0 fully saturated rings. The van der Waals surface area contributed by atoms with Crippen LogP contribution < -0.4 is 40.6 Å². The summed E-state index contributed by atoms with van der Waals surface area (Å²) in [5.41, 5.74) is 0. The first-order chi connectivity index (χ1) is 25.9. The first-order valence-corrected chi connectivity index (χ1v) is 14.4. The van der Waals surface area contributed by atoms with E-state index in [1.807, 2.05) is 134 Å². The van der Waals surface area contributed by atoms with E-state index in [-0.39, 0.29) is 85.1 Å². The summed E-state index contributed by atoms with van der Waals surface area (Å²) in [6.07, 6.45) is 21.5. The van der Waals surface area contributed by atoms with Gasteiger partial charge in [0.1, 0.15) is 0 Å². The minimum absolute atomic E-state index is 0. The number of H-pyrrole nitrogens is 2. The van der Waals surface area contributed by atoms with Crippen LogP contribution in [0.2, 0.25) is 0 Å². The second-order valence-electron chi connectivity index (χ2n) is 7.98. The molecule has 0 radical (unpaired) electrons. The van der Waals surface area contributed by atoms with E-state index in [2.05, 4.69) is 29.9 Å². The van der Waals surface area contributed by atoms with Crippen LogP contribution in [0, 0.1) is 0 Å². The van der Waals surface area contributed by atoms with E-state index in [0.717, 1.165) is 0 Å². The van der Waals surface area contributed by atoms with E-state index in [1.54, 1.807) is 49.6 Å². The van der Waals surface area contributed by atoms with Gasteiger partial charge in [0.2, 0.25) is 0 Å². The molecule has 0 atom stereocenters. The van der Waals surface area contributed by atoms with E-state index in [4.69, 9.17) is 59.4 Å². The van der Waals surface area contributed by atoms with Gasteiger partial charge < -0.3 is 81.3 Å². The maximum atomic E-state index is 8.93. The predicted octanol–water partition coefficient (Wildman–Crippen LogP) is -5.70. The predicted molar refractivity (Wildman–Crippen MR) is 176 cm³/mol. The van der Waals surface area contributed by atoms with Crippen molar-refractivity contribution in [1.82, 2.24) is 19.9 Å². The molecule has 6 aromatic heterocycles. The Morgan fingerprint density at radius 3 is 0.426 bits per heavy atom. The molecule has 0 spiro atoms. The number of nitrogens with one attached hydrogen (secondary N) is 2. The summed E-state index contributed by atoms with van der Waals surface area (Å²) in [4.78, 5) is 74.5. The molecule has 0 aliphatic heterocycles. The summed E-state index contributed by atoms with van der Waals surface area (Å²) in [7, 11) is 0. The second-order valence-corrected chi connectivity index (χ2v) is 7.98. The second kappa shape index (κ2) is 65.5. The fourth-order valence-corrected chi connectivity index (χ4v) is 1.93. The third-order valence-corrected chi connectivity index (χ3v) is 3.98. The molecule has 2 N–H and O–H groups in total. The van der Waals surface area contributed by atoms with Crippen LogP contribution in [-0.2, 0) is 114 Å². The maximum Gasteiger partial charge on any atom is 0.166 e. The third-order valence-electron chi connectivity index (χ3n) is 3.98. The first-order valence-electron chi connectivity index (χ1n) is 14.4. The van der Waals surface area contributed by atoms with Gasteiger partial charge in [-0.1, -0.05) is 36.4 Å². The fraction of sp³-hybridized carbons (Fsp3) is 0. The molecule has 25 heteroatoms. The van der Waals surface area contributed by atoms with Gasteiger partial charge in [0, 0.05) is 137 Å². The fourth-order valence-electron chi connectivity index (χ4n) is 1.93.